The number of nitrogens with two attached hydrogens (primary N) is 1. The van der Waals surface area contributed by atoms with Crippen LogP contribution in [0.1, 0.15) is 104 Å². The minimum Gasteiger partial charge on any atom is -0.409 e. The third kappa shape index (κ3) is 9.41. The SMILES string of the molecule is CC1C(=O)N(C)Cc2c(-c3cccc4cc(/C(N)=N/O)ncc34)nc(C3CC3)n21.CC1C(=O)N(C)Cc2c(-c3cccc4cc(C5=NOC(=O)C5)ncc34)nc(C3CC3)n21.O=C(n1ccnc1)n1ccnc1.[2H][B].[U]. The molecule has 6 aromatic heterocycles. The smallest absolute Gasteiger partial charge is 0.341 e. The second-order valence-corrected chi connectivity index (χ2v) is 18.6. The summed E-state index contributed by atoms with van der Waals surface area (Å²) in [6, 6.07) is 15.1. The van der Waals surface area contributed by atoms with Crippen molar-refractivity contribution in [1.82, 2.24) is 58.0 Å². The molecule has 8 aromatic rings. The maximum atomic E-state index is 12.6. The number of likely N-dealkylation sites (N-methyl/N-ethyl adjacent to an activating group) is 2. The van der Waals surface area contributed by atoms with E-state index in [-0.39, 0.29) is 79.3 Å². The summed E-state index contributed by atoms with van der Waals surface area (Å²) in [6.45, 7) is 4.98. The molecule has 5 aliphatic rings. The summed E-state index contributed by atoms with van der Waals surface area (Å²) in [6.07, 6.45) is 17.3. The summed E-state index contributed by atoms with van der Waals surface area (Å²) in [5.74, 6) is 2.75. The van der Waals surface area contributed by atoms with E-state index in [9.17, 15) is 19.2 Å². The van der Waals surface area contributed by atoms with Crippen LogP contribution < -0.4 is 5.73 Å². The van der Waals surface area contributed by atoms with Gasteiger partial charge >= 0.3 is 12.0 Å². The van der Waals surface area contributed by atoms with Gasteiger partial charge in [-0.2, -0.15) is 0 Å². The van der Waals surface area contributed by atoms with Crippen LogP contribution in [0.2, 0.25) is 0 Å². The molecule has 3 aliphatic heterocycles. The van der Waals surface area contributed by atoms with Gasteiger partial charge in [0.2, 0.25) is 11.8 Å². The number of rotatable bonds is 6. The van der Waals surface area contributed by atoms with Crippen LogP contribution in [0.25, 0.3) is 44.1 Å². The van der Waals surface area contributed by atoms with Crippen molar-refractivity contribution in [2.75, 3.05) is 14.1 Å². The Hall–Kier alpha value is -7.76. The van der Waals surface area contributed by atoms with Crippen LogP contribution in [0.5, 0.6) is 0 Å². The van der Waals surface area contributed by atoms with Crippen molar-refractivity contribution in [3.8, 4) is 22.5 Å². The van der Waals surface area contributed by atoms with E-state index < -0.39 is 0 Å². The Balaban J connectivity index is 0.000000146. The van der Waals surface area contributed by atoms with Gasteiger partial charge in [0.05, 0.1) is 48.0 Å². The van der Waals surface area contributed by atoms with Crippen molar-refractivity contribution < 1.29 is 60.3 Å². The van der Waals surface area contributed by atoms with Crippen LogP contribution in [0, 0.1) is 31.1 Å². The Morgan fingerprint density at radius 2 is 1.27 bits per heavy atom. The van der Waals surface area contributed by atoms with Crippen LogP contribution >= 0.6 is 0 Å². The number of amides is 2. The van der Waals surface area contributed by atoms with E-state index in [0.29, 0.717) is 42.0 Å². The number of nitrogens with zero attached hydrogens (tertiary/aromatic N) is 14. The van der Waals surface area contributed by atoms with E-state index in [1.807, 2.05) is 70.5 Å². The van der Waals surface area contributed by atoms with Gasteiger partial charge in [0.1, 0.15) is 47.8 Å². The number of hydrogen-bond donors (Lipinski definition) is 2. The molecule has 0 spiro atoms. The fourth-order valence-electron chi connectivity index (χ4n) is 9.72. The molecule has 2 fully saturated rings. The molecule has 2 radical (unpaired) electrons. The largest absolute Gasteiger partial charge is 0.409 e. The van der Waals surface area contributed by atoms with Crippen LogP contribution in [-0.2, 0) is 32.3 Å². The monoisotopic (exact) mass is 1220 g/mol. The van der Waals surface area contributed by atoms with E-state index >= 15 is 0 Å². The Bertz CT molecular complexity index is 3520. The Morgan fingerprint density at radius 1 is 0.770 bits per heavy atom. The molecule has 2 aliphatic carbocycles. The third-order valence-corrected chi connectivity index (χ3v) is 13.7. The van der Waals surface area contributed by atoms with E-state index in [1.54, 1.807) is 46.9 Å². The van der Waals surface area contributed by atoms with Gasteiger partial charge in [0, 0.05) is 125 Å². The van der Waals surface area contributed by atoms with Crippen molar-refractivity contribution in [1.29, 1.82) is 1.34 Å². The van der Waals surface area contributed by atoms with Crippen molar-refractivity contribution in [2.45, 2.75) is 83.0 Å². The molecule has 13 rings (SSSR count). The number of aromatic nitrogens is 10. The minimum atomic E-state index is -0.365. The first kappa shape index (κ1) is 49.8. The summed E-state index contributed by atoms with van der Waals surface area (Å²) in [5, 5.41) is 19.7. The molecule has 3 N–H and O–H groups in total. The van der Waals surface area contributed by atoms with Crippen molar-refractivity contribution in [3.63, 3.8) is 0 Å². The van der Waals surface area contributed by atoms with Gasteiger partial charge in [-0.1, -0.05) is 46.7 Å². The summed E-state index contributed by atoms with van der Waals surface area (Å²) < 4.78 is 12.3. The molecule has 23 heteroatoms. The first-order valence-electron chi connectivity index (χ1n) is 24.2. The fraction of sp³-hybridized carbons (Fsp3) is 0.294. The summed E-state index contributed by atoms with van der Waals surface area (Å²) in [7, 11) is 7.43. The number of carbonyl (C=O) groups excluding carboxylic acids is 4. The van der Waals surface area contributed by atoms with Crippen molar-refractivity contribution >= 4 is 65.3 Å². The van der Waals surface area contributed by atoms with Crippen LogP contribution in [0.3, 0.4) is 0 Å². The Morgan fingerprint density at radius 3 is 1.72 bits per heavy atom. The number of imidazole rings is 4. The molecule has 2 saturated carbocycles. The van der Waals surface area contributed by atoms with E-state index in [0.717, 1.165) is 92.8 Å². The number of hydrogen-bond acceptors (Lipinski definition) is 14. The summed E-state index contributed by atoms with van der Waals surface area (Å²) >= 11 is 0. The second kappa shape index (κ2) is 20.6. The second-order valence-electron chi connectivity index (χ2n) is 18.6. The van der Waals surface area contributed by atoms with Crippen LogP contribution in [-0.4, -0.2) is 122 Å². The fourth-order valence-corrected chi connectivity index (χ4v) is 9.72. The predicted octanol–water partition coefficient (Wildman–Crippen LogP) is 5.71. The maximum Gasteiger partial charge on any atom is 0.341 e. The molecule has 2 amide bonds. The molecular formula is C51H50BN15O6U. The molecule has 2 atom stereocenters. The maximum absolute atomic E-state index is 12.6. The van der Waals surface area contributed by atoms with E-state index in [4.69, 9.17) is 27.1 Å². The normalized spacial score (nSPS) is 18.1. The molecule has 0 saturated heterocycles. The number of carbonyl (C=O) groups is 4. The molecule has 0 bridgehead atoms. The van der Waals surface area contributed by atoms with Crippen molar-refractivity contribution in [3.05, 3.63) is 133 Å². The zero-order chi connectivity index (χ0) is 51.9. The Labute approximate surface area is 450 Å². The van der Waals surface area contributed by atoms with Gasteiger partial charge in [-0.25, -0.2) is 29.5 Å². The third-order valence-electron chi connectivity index (χ3n) is 13.7. The zero-order valence-electron chi connectivity index (χ0n) is 41.9. The molecule has 2 aromatic carbocycles. The predicted molar refractivity (Wildman–Crippen MR) is 270 cm³/mol. The number of benzene rings is 2. The average molecular weight is 1220 g/mol. The number of amidine groups is 1. The average Bonchev–Trinajstić information content (AvgIpc) is 4.06. The van der Waals surface area contributed by atoms with E-state index in [2.05, 4.69) is 53.8 Å². The first-order chi connectivity index (χ1) is 35.9. The molecule has 74 heavy (non-hydrogen) atoms. The molecule has 2 unspecified atom stereocenters. The first-order valence-corrected chi connectivity index (χ1v) is 23.6. The van der Waals surface area contributed by atoms with Crippen molar-refractivity contribution in [2.24, 2.45) is 16.0 Å². The van der Waals surface area contributed by atoms with Gasteiger partial charge in [-0.3, -0.25) is 28.7 Å². The van der Waals surface area contributed by atoms with Crippen LogP contribution in [0.4, 0.5) is 4.79 Å². The van der Waals surface area contributed by atoms with Gasteiger partial charge < -0.3 is 34.7 Å². The van der Waals surface area contributed by atoms with Gasteiger partial charge in [0.25, 0.3) is 0 Å². The number of pyridine rings is 2. The Kier molecular flexibility index (Phi) is 13.9. The summed E-state index contributed by atoms with van der Waals surface area (Å²) in [5.41, 5.74) is 13.2. The number of fused-ring (bicyclic) bond motifs is 4. The standard InChI is InChI=1S/C23H21N5O3.C21H22N6O2.C7H6N4O.BH.U/c1-12-23(30)27(2)11-19-21(25-22(28(12)19)13-6-7-13)15-5-3-4-14-8-17(24-10-16(14)15)18-9-20(29)31-26-18;1-11-21(28)26(2)10-17-18(24-20(27(11)17)12-6-7-12)14-5-3-4-13-8-16(19(22)25-29)23-9-15(13)14;12-7(10-3-1-8-5-10)11-4-2-9-6-11;;/h3-5,8,10,12-13H,6-7,9,11H2,1-2H3;3-5,8-9,11-12,29H,6-7,10H2,1-2H3,(H2,22,25);1-6H;1H;/i;;;1D;. The minimum absolute atomic E-state index is 0. The molecule has 21 nitrogen and oxygen atoms in total. The number of oxime groups is 2. The quantitative estimate of drug-likeness (QED) is 0.0506. The molecule has 372 valence electrons. The molecular weight excluding hydrogens is 1170 g/mol. The topological polar surface area (TPSA) is 252 Å². The van der Waals surface area contributed by atoms with Crippen LogP contribution in [0.15, 0.2) is 109 Å². The molecule has 9 heterocycles. The summed E-state index contributed by atoms with van der Waals surface area (Å²) in [4.78, 5) is 82.9. The van der Waals surface area contributed by atoms with E-state index in [1.165, 1.54) is 21.8 Å². The van der Waals surface area contributed by atoms with Gasteiger partial charge in [0.15, 0.2) is 5.84 Å². The van der Waals surface area contributed by atoms with Gasteiger partial charge in [-0.05, 0) is 63.8 Å². The zero-order valence-corrected chi connectivity index (χ0v) is 45.1. The van der Waals surface area contributed by atoms with Gasteiger partial charge in [-0.15, -0.1) is 0 Å².